The molecule has 13 heteroatoms. The average molecular weight is 981 g/mol. The highest BCUT2D eigenvalue weighted by Gasteiger charge is 2.48. The van der Waals surface area contributed by atoms with Gasteiger partial charge in [0.25, 0.3) is 0 Å². The molecule has 12 nitrogen and oxygen atoms in total. The maximum Gasteiger partial charge on any atom is 0.397 e. The molecule has 0 aromatic heterocycles. The molecule has 0 bridgehead atoms. The van der Waals surface area contributed by atoms with Crippen molar-refractivity contribution >= 4 is 16.4 Å². The molecule has 1 aliphatic rings. The smallest absolute Gasteiger partial charge is 0.397 e. The fraction of sp³-hybridized carbons (Fsp3) is 0.764. The van der Waals surface area contributed by atoms with Crippen molar-refractivity contribution in [3.8, 4) is 0 Å². The van der Waals surface area contributed by atoms with Crippen LogP contribution >= 0.6 is 0 Å². The third-order valence-electron chi connectivity index (χ3n) is 11.8. The van der Waals surface area contributed by atoms with Gasteiger partial charge in [-0.05, 0) is 64.2 Å². The summed E-state index contributed by atoms with van der Waals surface area (Å²) < 4.78 is 59.3. The minimum absolute atomic E-state index is 0.0243. The number of hydrogen-bond donors (Lipinski definition) is 4. The van der Waals surface area contributed by atoms with Crippen LogP contribution in [-0.4, -0.2) is 97.5 Å². The topological polar surface area (TPSA) is 178 Å². The minimum atomic E-state index is -5.07. The van der Waals surface area contributed by atoms with Crippen LogP contribution < -0.4 is 0 Å². The summed E-state index contributed by atoms with van der Waals surface area (Å²) in [6.07, 6.45) is 50.7. The second-order valence-corrected chi connectivity index (χ2v) is 19.1. The fourth-order valence-corrected chi connectivity index (χ4v) is 8.36. The van der Waals surface area contributed by atoms with Gasteiger partial charge in [0.1, 0.15) is 30.5 Å². The van der Waals surface area contributed by atoms with E-state index in [0.717, 1.165) is 83.5 Å². The van der Waals surface area contributed by atoms with Gasteiger partial charge in [0.2, 0.25) is 0 Å². The van der Waals surface area contributed by atoms with Crippen molar-refractivity contribution in [2.75, 3.05) is 26.4 Å². The Labute approximate surface area is 413 Å². The van der Waals surface area contributed by atoms with Gasteiger partial charge in [-0.2, -0.15) is 8.42 Å². The molecule has 0 aromatic carbocycles. The number of allylic oxidation sites excluding steroid dienone is 12. The molecule has 1 fully saturated rings. The molecule has 394 valence electrons. The van der Waals surface area contributed by atoms with Crippen LogP contribution in [0.2, 0.25) is 0 Å². The monoisotopic (exact) mass is 981 g/mol. The number of carbonyl (C=O) groups is 1. The Morgan fingerprint density at radius 3 is 1.49 bits per heavy atom. The Morgan fingerprint density at radius 1 is 0.574 bits per heavy atom. The lowest BCUT2D eigenvalue weighted by Gasteiger charge is -2.41. The molecular formula is C55H96O12S. The Balaban J connectivity index is 2.37. The molecule has 0 aliphatic carbocycles. The summed E-state index contributed by atoms with van der Waals surface area (Å²) >= 11 is 0. The van der Waals surface area contributed by atoms with Crippen molar-refractivity contribution in [2.45, 2.75) is 243 Å². The molecule has 6 atom stereocenters. The second kappa shape index (κ2) is 45.7. The highest BCUT2D eigenvalue weighted by molar-refractivity contribution is 7.80. The van der Waals surface area contributed by atoms with Crippen LogP contribution in [0.15, 0.2) is 72.9 Å². The Morgan fingerprint density at radius 2 is 1.01 bits per heavy atom. The maximum atomic E-state index is 12.9. The minimum Gasteiger partial charge on any atom is -0.457 e. The zero-order valence-corrected chi connectivity index (χ0v) is 43.2. The summed E-state index contributed by atoms with van der Waals surface area (Å²) in [6, 6.07) is 0. The zero-order valence-electron chi connectivity index (χ0n) is 42.4. The van der Waals surface area contributed by atoms with E-state index < -0.39 is 59.8 Å². The van der Waals surface area contributed by atoms with Crippen molar-refractivity contribution < 1.29 is 56.2 Å². The first-order valence-corrected chi connectivity index (χ1v) is 28.1. The largest absolute Gasteiger partial charge is 0.457 e. The Kier molecular flexibility index (Phi) is 42.7. The maximum absolute atomic E-state index is 12.9. The molecule has 68 heavy (non-hydrogen) atoms. The van der Waals surface area contributed by atoms with E-state index >= 15 is 0 Å². The van der Waals surface area contributed by atoms with Crippen molar-refractivity contribution in [3.63, 3.8) is 0 Å². The third-order valence-corrected chi connectivity index (χ3v) is 12.3. The van der Waals surface area contributed by atoms with Gasteiger partial charge in [0.05, 0.1) is 19.8 Å². The van der Waals surface area contributed by atoms with Gasteiger partial charge in [-0.15, -0.1) is 0 Å². The standard InChI is InChI=1S/C55H96O12S/c1-3-5-7-9-11-13-15-17-19-21-23-24-25-26-27-28-30-32-34-36-38-40-42-44-51(57)65-49(48-64-55-53(59)54(67-68(60,61)62)52(58)50(46-56)66-55)47-63-45-43-41-39-37-35-33-31-29-22-20-18-16-14-12-10-8-6-4-2/h5,7,11,13,17,19,23-24,26-27,30,32,49-50,52-56,58-59H,3-4,6,8-10,12,14-16,18,20-22,25,28-29,31,33-48H2,1-2H3,(H,60,61,62)/b7-5-,13-11-,19-17-,24-23-,27-26-,32-30-. The van der Waals surface area contributed by atoms with Gasteiger partial charge in [-0.3, -0.25) is 9.35 Å². The first-order chi connectivity index (χ1) is 33.1. The number of unbranched alkanes of at least 4 members (excludes halogenated alkanes) is 21. The van der Waals surface area contributed by atoms with Gasteiger partial charge in [-0.25, -0.2) is 4.18 Å². The normalized spacial score (nSPS) is 19.9. The number of aliphatic hydroxyl groups is 3. The summed E-state index contributed by atoms with van der Waals surface area (Å²) in [5, 5.41) is 30.8. The highest BCUT2D eigenvalue weighted by atomic mass is 32.3. The molecule has 1 heterocycles. The predicted octanol–water partition coefficient (Wildman–Crippen LogP) is 12.6. The molecule has 0 radical (unpaired) electrons. The lowest BCUT2D eigenvalue weighted by atomic mass is 9.99. The van der Waals surface area contributed by atoms with Crippen molar-refractivity contribution in [1.82, 2.24) is 0 Å². The summed E-state index contributed by atoms with van der Waals surface area (Å²) in [5.74, 6) is -0.423. The fourth-order valence-electron chi connectivity index (χ4n) is 7.85. The molecule has 1 saturated heterocycles. The van der Waals surface area contributed by atoms with Crippen molar-refractivity contribution in [1.29, 1.82) is 0 Å². The quantitative estimate of drug-likeness (QED) is 0.0197. The average Bonchev–Trinajstić information content (AvgIpc) is 3.31. The van der Waals surface area contributed by atoms with Crippen LogP contribution in [-0.2, 0) is 38.3 Å². The van der Waals surface area contributed by atoms with Crippen LogP contribution in [0, 0.1) is 0 Å². The highest BCUT2D eigenvalue weighted by Crippen LogP contribution is 2.26. The molecule has 1 rings (SSSR count). The van der Waals surface area contributed by atoms with Crippen LogP contribution in [0.3, 0.4) is 0 Å². The SMILES string of the molecule is CC/C=C\C/C=C\C/C=C\C/C=C\C/C=C\C/C=C\CCCCCCC(=O)OC(COCCCCCCCCCCCCCCCCCCCC)COC1OC(CO)C(O)C(OS(=O)(=O)O)C1O. The van der Waals surface area contributed by atoms with Gasteiger partial charge >= 0.3 is 16.4 Å². The number of aliphatic hydroxyl groups excluding tert-OH is 3. The number of ether oxygens (including phenoxy) is 4. The van der Waals surface area contributed by atoms with E-state index in [4.69, 9.17) is 18.9 Å². The molecule has 1 aliphatic heterocycles. The van der Waals surface area contributed by atoms with E-state index in [1.807, 2.05) is 0 Å². The molecule has 4 N–H and O–H groups in total. The molecule has 6 unspecified atom stereocenters. The van der Waals surface area contributed by atoms with Crippen molar-refractivity contribution in [3.05, 3.63) is 72.9 Å². The van der Waals surface area contributed by atoms with Crippen molar-refractivity contribution in [2.24, 2.45) is 0 Å². The molecule has 0 aromatic rings. The zero-order chi connectivity index (χ0) is 49.6. The number of hydrogen-bond acceptors (Lipinski definition) is 11. The van der Waals surface area contributed by atoms with Gasteiger partial charge in [-0.1, -0.05) is 209 Å². The summed E-state index contributed by atoms with van der Waals surface area (Å²) in [5.41, 5.74) is 0. The van der Waals surface area contributed by atoms with E-state index in [0.29, 0.717) is 13.0 Å². The summed E-state index contributed by atoms with van der Waals surface area (Å²) in [4.78, 5) is 12.9. The van der Waals surface area contributed by atoms with E-state index in [1.165, 1.54) is 96.3 Å². The summed E-state index contributed by atoms with van der Waals surface area (Å²) in [7, 11) is -5.07. The van der Waals surface area contributed by atoms with Crippen LogP contribution in [0.25, 0.3) is 0 Å². The molecule has 0 spiro atoms. The van der Waals surface area contributed by atoms with Crippen LogP contribution in [0.5, 0.6) is 0 Å². The third kappa shape index (κ3) is 38.3. The molecular weight excluding hydrogens is 885 g/mol. The number of rotatable bonds is 46. The van der Waals surface area contributed by atoms with Crippen LogP contribution in [0.1, 0.15) is 206 Å². The van der Waals surface area contributed by atoms with Crippen LogP contribution in [0.4, 0.5) is 0 Å². The van der Waals surface area contributed by atoms with E-state index in [9.17, 15) is 33.1 Å². The molecule has 0 amide bonds. The molecule has 0 saturated carbocycles. The second-order valence-electron chi connectivity index (χ2n) is 18.1. The first-order valence-electron chi connectivity index (χ1n) is 26.7. The Bertz CT molecular complexity index is 1460. The van der Waals surface area contributed by atoms with Gasteiger partial charge < -0.3 is 34.3 Å². The van der Waals surface area contributed by atoms with E-state index in [-0.39, 0.29) is 19.6 Å². The predicted molar refractivity (Wildman–Crippen MR) is 276 cm³/mol. The Hall–Kier alpha value is -2.46. The van der Waals surface area contributed by atoms with E-state index in [2.05, 4.69) is 90.9 Å². The summed E-state index contributed by atoms with van der Waals surface area (Å²) in [6.45, 7) is 3.87. The lowest BCUT2D eigenvalue weighted by molar-refractivity contribution is -0.301. The van der Waals surface area contributed by atoms with Gasteiger partial charge in [0.15, 0.2) is 6.29 Å². The van der Waals surface area contributed by atoms with Gasteiger partial charge in [0, 0.05) is 13.0 Å². The first kappa shape index (κ1) is 63.6. The number of esters is 1. The van der Waals surface area contributed by atoms with E-state index in [1.54, 1.807) is 0 Å². The lowest BCUT2D eigenvalue weighted by Crippen LogP contribution is -2.60. The number of carbonyl (C=O) groups excluding carboxylic acids is 1.